The number of thiocarbonyl (C=S) groups is 1. The third-order valence-corrected chi connectivity index (χ3v) is 4.01. The van der Waals surface area contributed by atoms with Crippen LogP contribution in [0.15, 0.2) is 42.0 Å². The van der Waals surface area contributed by atoms with Crippen molar-refractivity contribution in [1.82, 2.24) is 0 Å². The van der Waals surface area contributed by atoms with Gasteiger partial charge in [-0.2, -0.15) is 0 Å². The van der Waals surface area contributed by atoms with Gasteiger partial charge in [0.05, 0.1) is 5.92 Å². The molecule has 0 aliphatic heterocycles. The summed E-state index contributed by atoms with van der Waals surface area (Å²) in [5.74, 6) is 1.07. The summed E-state index contributed by atoms with van der Waals surface area (Å²) in [5, 5.41) is 0.694. The molecule has 1 nitrogen and oxygen atoms in total. The van der Waals surface area contributed by atoms with Crippen LogP contribution in [0.4, 0.5) is 0 Å². The van der Waals surface area contributed by atoms with Gasteiger partial charge in [0, 0.05) is 0 Å². The quantitative estimate of drug-likeness (QED) is 0.559. The van der Waals surface area contributed by atoms with E-state index in [9.17, 15) is 0 Å². The van der Waals surface area contributed by atoms with Gasteiger partial charge in [-0.1, -0.05) is 43.7 Å². The molecule has 1 aromatic carbocycles. The summed E-state index contributed by atoms with van der Waals surface area (Å²) in [6.45, 7) is 6.70. The van der Waals surface area contributed by atoms with Gasteiger partial charge in [0.2, 0.25) is 0 Å². The van der Waals surface area contributed by atoms with Crippen molar-refractivity contribution in [2.45, 2.75) is 33.6 Å². The lowest BCUT2D eigenvalue weighted by molar-refractivity contribution is 0.255. The Kier molecular flexibility index (Phi) is 3.86. The summed E-state index contributed by atoms with van der Waals surface area (Å²) in [4.78, 5) is 0. The highest BCUT2D eigenvalue weighted by Crippen LogP contribution is 2.42. The van der Waals surface area contributed by atoms with Crippen LogP contribution in [0.2, 0.25) is 0 Å². The summed E-state index contributed by atoms with van der Waals surface area (Å²) in [6, 6.07) is 9.80. The fourth-order valence-corrected chi connectivity index (χ4v) is 3.32. The topological polar surface area (TPSA) is 9.23 Å². The molecule has 0 amide bonds. The van der Waals surface area contributed by atoms with Crippen molar-refractivity contribution in [2.75, 3.05) is 0 Å². The SMILES string of the molecule is CC1=CCCC(C)(C)[C@@H]1C(=S)Oc1ccccc1. The van der Waals surface area contributed by atoms with Crippen molar-refractivity contribution in [3.63, 3.8) is 0 Å². The van der Waals surface area contributed by atoms with Crippen LogP contribution in [0.5, 0.6) is 5.75 Å². The Labute approximate surface area is 115 Å². The lowest BCUT2D eigenvalue weighted by Gasteiger charge is -2.38. The van der Waals surface area contributed by atoms with E-state index in [1.165, 1.54) is 5.57 Å². The third kappa shape index (κ3) is 2.81. The normalized spacial score (nSPS) is 22.2. The van der Waals surface area contributed by atoms with Gasteiger partial charge in [-0.25, -0.2) is 0 Å². The molecule has 2 heteroatoms. The van der Waals surface area contributed by atoms with Crippen LogP contribution in [0, 0.1) is 11.3 Å². The van der Waals surface area contributed by atoms with Crippen molar-refractivity contribution >= 4 is 17.3 Å². The second kappa shape index (κ2) is 5.23. The van der Waals surface area contributed by atoms with Crippen LogP contribution in [0.3, 0.4) is 0 Å². The zero-order valence-corrected chi connectivity index (χ0v) is 12.1. The molecule has 1 aliphatic carbocycles. The fourth-order valence-electron chi connectivity index (χ4n) is 2.72. The van der Waals surface area contributed by atoms with Crippen molar-refractivity contribution in [3.05, 3.63) is 42.0 Å². The second-order valence-corrected chi connectivity index (χ2v) is 6.04. The van der Waals surface area contributed by atoms with Crippen LogP contribution in [0.25, 0.3) is 0 Å². The highest BCUT2D eigenvalue weighted by molar-refractivity contribution is 7.80. The van der Waals surface area contributed by atoms with Gasteiger partial charge in [-0.15, -0.1) is 0 Å². The Hall–Kier alpha value is -1.15. The number of ether oxygens (including phenoxy) is 1. The molecule has 1 aliphatic rings. The Balaban J connectivity index is 2.17. The zero-order chi connectivity index (χ0) is 13.2. The summed E-state index contributed by atoms with van der Waals surface area (Å²) >= 11 is 5.52. The maximum absolute atomic E-state index is 5.85. The molecule has 0 bridgehead atoms. The number of hydrogen-bond acceptors (Lipinski definition) is 2. The first kappa shape index (κ1) is 13.3. The zero-order valence-electron chi connectivity index (χ0n) is 11.3. The minimum absolute atomic E-state index is 0.185. The Morgan fingerprint density at radius 3 is 2.56 bits per heavy atom. The van der Waals surface area contributed by atoms with Crippen LogP contribution in [-0.2, 0) is 0 Å². The Morgan fingerprint density at radius 2 is 1.94 bits per heavy atom. The van der Waals surface area contributed by atoms with Crippen LogP contribution >= 0.6 is 12.2 Å². The predicted molar refractivity (Wildman–Crippen MR) is 79.9 cm³/mol. The van der Waals surface area contributed by atoms with Gasteiger partial charge >= 0.3 is 0 Å². The lowest BCUT2D eigenvalue weighted by Crippen LogP contribution is -2.35. The predicted octanol–water partition coefficient (Wildman–Crippen LogP) is 4.78. The molecule has 0 fully saturated rings. The first-order chi connectivity index (χ1) is 8.50. The maximum Gasteiger partial charge on any atom is 0.174 e. The fraction of sp³-hybridized carbons (Fsp3) is 0.438. The number of hydrogen-bond donors (Lipinski definition) is 0. The highest BCUT2D eigenvalue weighted by atomic mass is 32.1. The van der Waals surface area contributed by atoms with Gasteiger partial charge in [-0.05, 0) is 49.5 Å². The molecule has 0 spiro atoms. The van der Waals surface area contributed by atoms with Gasteiger partial charge in [0.1, 0.15) is 5.75 Å². The summed E-state index contributed by atoms with van der Waals surface area (Å²) in [7, 11) is 0. The highest BCUT2D eigenvalue weighted by Gasteiger charge is 2.36. The molecule has 0 unspecified atom stereocenters. The molecule has 0 saturated carbocycles. The van der Waals surface area contributed by atoms with Gasteiger partial charge < -0.3 is 4.74 Å². The average molecular weight is 260 g/mol. The van der Waals surface area contributed by atoms with Crippen molar-refractivity contribution < 1.29 is 4.74 Å². The summed E-state index contributed by atoms with van der Waals surface area (Å²) in [6.07, 6.45) is 4.59. The molecule has 1 atom stereocenters. The van der Waals surface area contributed by atoms with E-state index in [1.54, 1.807) is 0 Å². The standard InChI is InChI=1S/C16H20OS/c1-12-8-7-11-16(2,3)14(12)15(18)17-13-9-5-4-6-10-13/h4-6,8-10,14H,7,11H2,1-3H3/t14-/m0/s1. The largest absolute Gasteiger partial charge is 0.450 e. The molecule has 96 valence electrons. The van der Waals surface area contributed by atoms with Gasteiger partial charge in [-0.3, -0.25) is 0 Å². The van der Waals surface area contributed by atoms with Crippen molar-refractivity contribution in [2.24, 2.45) is 11.3 Å². The number of rotatable bonds is 2. The molecular formula is C16H20OS. The summed E-state index contributed by atoms with van der Waals surface area (Å²) < 4.78 is 5.85. The van der Waals surface area contributed by atoms with E-state index in [-0.39, 0.29) is 11.3 Å². The smallest absolute Gasteiger partial charge is 0.174 e. The average Bonchev–Trinajstić information content (AvgIpc) is 2.28. The van der Waals surface area contributed by atoms with E-state index < -0.39 is 0 Å². The van der Waals surface area contributed by atoms with E-state index in [0.29, 0.717) is 5.05 Å². The van der Waals surface area contributed by atoms with E-state index in [4.69, 9.17) is 17.0 Å². The second-order valence-electron chi connectivity index (χ2n) is 5.64. The monoisotopic (exact) mass is 260 g/mol. The lowest BCUT2D eigenvalue weighted by atomic mass is 9.69. The minimum atomic E-state index is 0.185. The molecule has 0 radical (unpaired) electrons. The maximum atomic E-state index is 5.85. The van der Waals surface area contributed by atoms with Gasteiger partial charge in [0.15, 0.2) is 5.05 Å². The number of allylic oxidation sites excluding steroid dienone is 1. The van der Waals surface area contributed by atoms with E-state index in [0.717, 1.165) is 18.6 Å². The third-order valence-electron chi connectivity index (χ3n) is 3.69. The van der Waals surface area contributed by atoms with Crippen molar-refractivity contribution in [1.29, 1.82) is 0 Å². The molecule has 1 aromatic rings. The molecule has 0 saturated heterocycles. The van der Waals surface area contributed by atoms with E-state index in [2.05, 4.69) is 26.8 Å². The first-order valence-electron chi connectivity index (χ1n) is 6.44. The molecule has 0 aromatic heterocycles. The van der Waals surface area contributed by atoms with E-state index >= 15 is 0 Å². The number of para-hydroxylation sites is 1. The minimum Gasteiger partial charge on any atom is -0.450 e. The van der Waals surface area contributed by atoms with Crippen LogP contribution < -0.4 is 4.74 Å². The molecule has 0 N–H and O–H groups in total. The molecule has 0 heterocycles. The molecular weight excluding hydrogens is 240 g/mol. The Morgan fingerprint density at radius 1 is 1.28 bits per heavy atom. The van der Waals surface area contributed by atoms with Crippen LogP contribution in [0.1, 0.15) is 33.6 Å². The van der Waals surface area contributed by atoms with Crippen LogP contribution in [-0.4, -0.2) is 5.05 Å². The van der Waals surface area contributed by atoms with Gasteiger partial charge in [0.25, 0.3) is 0 Å². The van der Waals surface area contributed by atoms with E-state index in [1.807, 2.05) is 30.3 Å². The molecule has 18 heavy (non-hydrogen) atoms. The van der Waals surface area contributed by atoms with Crippen molar-refractivity contribution in [3.8, 4) is 5.75 Å². The first-order valence-corrected chi connectivity index (χ1v) is 6.85. The molecule has 2 rings (SSSR count). The number of benzene rings is 1. The summed E-state index contributed by atoms with van der Waals surface area (Å²) in [5.41, 5.74) is 1.53. The Bertz CT molecular complexity index is 459.